The summed E-state index contributed by atoms with van der Waals surface area (Å²) in [6.45, 7) is 4.64. The fraction of sp³-hybridized carbons (Fsp3) is 0.333. The number of aliphatic imine (C=N–C) groups is 1. The SMILES string of the molecule is C=[C-]C(=NC)N(N)C(C)=O.[Rh]. The quantitative estimate of drug-likeness (QED) is 0.131. The van der Waals surface area contributed by atoms with Gasteiger partial charge in [-0.2, -0.15) is 0 Å². The fourth-order valence-electron chi connectivity index (χ4n) is 0.421. The number of carbonyl (C=O) groups excluding carboxylic acids is 1. The van der Waals surface area contributed by atoms with Crippen molar-refractivity contribution in [3.05, 3.63) is 12.7 Å². The summed E-state index contributed by atoms with van der Waals surface area (Å²) < 4.78 is 0. The molecule has 0 saturated heterocycles. The van der Waals surface area contributed by atoms with E-state index >= 15 is 0 Å². The van der Waals surface area contributed by atoms with Crippen LogP contribution in [0.3, 0.4) is 0 Å². The molecular weight excluding hydrogens is 233 g/mol. The fourth-order valence-corrected chi connectivity index (χ4v) is 0.421. The average Bonchev–Trinajstić information content (AvgIpc) is 1.90. The van der Waals surface area contributed by atoms with E-state index in [0.717, 1.165) is 5.01 Å². The van der Waals surface area contributed by atoms with Crippen LogP contribution in [0.4, 0.5) is 0 Å². The Hall–Kier alpha value is -0.537. The Morgan fingerprint density at radius 3 is 2.27 bits per heavy atom. The van der Waals surface area contributed by atoms with E-state index in [1.165, 1.54) is 14.0 Å². The number of amidine groups is 1. The maximum Gasteiger partial charge on any atom is 0.236 e. The molecule has 0 heterocycles. The van der Waals surface area contributed by atoms with Gasteiger partial charge in [-0.1, -0.05) is 0 Å². The van der Waals surface area contributed by atoms with E-state index < -0.39 is 0 Å². The van der Waals surface area contributed by atoms with Gasteiger partial charge >= 0.3 is 0 Å². The van der Waals surface area contributed by atoms with Crippen LogP contribution in [-0.2, 0) is 24.3 Å². The molecule has 0 atom stereocenters. The van der Waals surface area contributed by atoms with Gasteiger partial charge in [0.25, 0.3) is 0 Å². The number of hydrazine groups is 1. The molecule has 4 nitrogen and oxygen atoms in total. The van der Waals surface area contributed by atoms with E-state index in [0.29, 0.717) is 0 Å². The van der Waals surface area contributed by atoms with E-state index in [9.17, 15) is 4.79 Å². The third kappa shape index (κ3) is 4.01. The number of nitrogens with two attached hydrogens (primary N) is 1. The average molecular weight is 243 g/mol. The molecule has 1 amide bonds. The molecule has 0 aromatic carbocycles. The minimum Gasteiger partial charge on any atom is -0.434 e. The van der Waals surface area contributed by atoms with Gasteiger partial charge in [-0.15, -0.1) is 0 Å². The van der Waals surface area contributed by atoms with Crippen LogP contribution in [-0.4, -0.2) is 23.8 Å². The number of rotatable bonds is 1. The zero-order valence-electron chi connectivity index (χ0n) is 6.42. The number of nitrogens with zero attached hydrogens (tertiary/aromatic N) is 2. The summed E-state index contributed by atoms with van der Waals surface area (Å²) in [5.74, 6) is 5.18. The molecule has 11 heavy (non-hydrogen) atoms. The summed E-state index contributed by atoms with van der Waals surface area (Å²) in [5.41, 5.74) is 0. The first-order valence-electron chi connectivity index (χ1n) is 2.68. The summed E-state index contributed by atoms with van der Waals surface area (Å²) in [5, 5.41) is 0.882. The molecule has 0 rings (SSSR count). The van der Waals surface area contributed by atoms with Gasteiger partial charge in [0.05, 0.1) is 0 Å². The summed E-state index contributed by atoms with van der Waals surface area (Å²) >= 11 is 0. The normalized spacial score (nSPS) is 9.91. The minimum absolute atomic E-state index is 0. The van der Waals surface area contributed by atoms with Crippen molar-refractivity contribution in [1.29, 1.82) is 0 Å². The zero-order valence-corrected chi connectivity index (χ0v) is 8.06. The molecule has 0 saturated carbocycles. The monoisotopic (exact) mass is 243 g/mol. The molecule has 65 valence electrons. The smallest absolute Gasteiger partial charge is 0.236 e. The van der Waals surface area contributed by atoms with Crippen molar-refractivity contribution < 1.29 is 24.3 Å². The summed E-state index contributed by atoms with van der Waals surface area (Å²) in [6, 6.07) is 0. The second kappa shape index (κ2) is 6.19. The van der Waals surface area contributed by atoms with Crippen molar-refractivity contribution in [3.8, 4) is 0 Å². The van der Waals surface area contributed by atoms with Gasteiger partial charge in [0.1, 0.15) is 0 Å². The molecule has 0 unspecified atom stereocenters. The van der Waals surface area contributed by atoms with Gasteiger partial charge in [-0.3, -0.25) is 16.4 Å². The molecule has 0 bridgehead atoms. The molecule has 0 aliphatic carbocycles. The predicted octanol–water partition coefficient (Wildman–Crippen LogP) is -0.276. The second-order valence-corrected chi connectivity index (χ2v) is 1.61. The Labute approximate surface area is 78.9 Å². The van der Waals surface area contributed by atoms with Crippen molar-refractivity contribution in [3.63, 3.8) is 0 Å². The van der Waals surface area contributed by atoms with Crippen LogP contribution in [0.15, 0.2) is 11.6 Å². The molecule has 0 aliphatic rings. The van der Waals surface area contributed by atoms with Crippen LogP contribution in [0.1, 0.15) is 6.92 Å². The Morgan fingerprint density at radius 2 is 2.18 bits per heavy atom. The van der Waals surface area contributed by atoms with Crippen LogP contribution in [0.5, 0.6) is 0 Å². The largest absolute Gasteiger partial charge is 0.434 e. The topological polar surface area (TPSA) is 58.7 Å². The molecule has 0 spiro atoms. The maximum absolute atomic E-state index is 10.6. The van der Waals surface area contributed by atoms with Gasteiger partial charge in [0.15, 0.2) is 0 Å². The van der Waals surface area contributed by atoms with Gasteiger partial charge in [-0.25, -0.2) is 5.84 Å². The first-order valence-corrected chi connectivity index (χ1v) is 2.68. The third-order valence-electron chi connectivity index (χ3n) is 0.937. The Kier molecular flexibility index (Phi) is 7.36. The van der Waals surface area contributed by atoms with Gasteiger partial charge in [0.2, 0.25) is 5.91 Å². The van der Waals surface area contributed by atoms with Crippen LogP contribution >= 0.6 is 0 Å². The van der Waals surface area contributed by atoms with E-state index in [-0.39, 0.29) is 31.2 Å². The molecular formula is C6H10N3ORh-. The van der Waals surface area contributed by atoms with Crippen molar-refractivity contribution in [2.45, 2.75) is 6.92 Å². The summed E-state index contributed by atoms with van der Waals surface area (Å²) in [7, 11) is 1.51. The Balaban J connectivity index is 0. The Morgan fingerprint density at radius 1 is 1.73 bits per heavy atom. The van der Waals surface area contributed by atoms with E-state index in [1.54, 1.807) is 0 Å². The minimum atomic E-state index is -0.295. The number of carbonyl (C=O) groups is 1. The van der Waals surface area contributed by atoms with Crippen LogP contribution in [0, 0.1) is 6.08 Å². The number of amides is 1. The van der Waals surface area contributed by atoms with E-state index in [1.807, 2.05) is 0 Å². The van der Waals surface area contributed by atoms with Crippen LogP contribution < -0.4 is 5.84 Å². The summed E-state index contributed by atoms with van der Waals surface area (Å²) in [4.78, 5) is 14.2. The van der Waals surface area contributed by atoms with Gasteiger partial charge < -0.3 is 11.1 Å². The number of hydrogen-bond acceptors (Lipinski definition) is 3. The van der Waals surface area contributed by atoms with Crippen molar-refractivity contribution >= 4 is 11.7 Å². The Bertz CT molecular complexity index is 179. The molecule has 0 aromatic rings. The van der Waals surface area contributed by atoms with Gasteiger partial charge in [0, 0.05) is 33.4 Å². The predicted molar refractivity (Wildman–Crippen MR) is 38.9 cm³/mol. The van der Waals surface area contributed by atoms with Gasteiger partial charge in [-0.05, 0) is 5.84 Å². The first kappa shape index (κ1) is 13.1. The first-order chi connectivity index (χ1) is 4.63. The van der Waals surface area contributed by atoms with E-state index in [2.05, 4.69) is 17.6 Å². The molecule has 2 N–H and O–H groups in total. The van der Waals surface area contributed by atoms with Crippen molar-refractivity contribution in [2.24, 2.45) is 10.8 Å². The van der Waals surface area contributed by atoms with Crippen molar-refractivity contribution in [1.82, 2.24) is 5.01 Å². The molecule has 1 radical (unpaired) electrons. The zero-order chi connectivity index (χ0) is 8.15. The van der Waals surface area contributed by atoms with E-state index in [4.69, 9.17) is 5.84 Å². The molecule has 0 fully saturated rings. The van der Waals surface area contributed by atoms with Crippen LogP contribution in [0.25, 0.3) is 0 Å². The third-order valence-corrected chi connectivity index (χ3v) is 0.937. The standard InChI is InChI=1S/C6H10N3O.Rh/c1-4-6(8-3)9(7)5(2)10;/h1,7H2,2-3H3;/q-1;. The second-order valence-electron chi connectivity index (χ2n) is 1.61. The van der Waals surface area contributed by atoms with Crippen LogP contribution in [0.2, 0.25) is 0 Å². The molecule has 0 aromatic heterocycles. The summed E-state index contributed by atoms with van der Waals surface area (Å²) in [6.07, 6.45) is 2.41. The molecule has 5 heteroatoms. The van der Waals surface area contributed by atoms with Crippen molar-refractivity contribution in [2.75, 3.05) is 7.05 Å². The maximum atomic E-state index is 10.6. The molecule has 0 aliphatic heterocycles. The number of hydrogen-bond donors (Lipinski definition) is 1.